The standard InChI is InChI=1S/C22H27N3O3.HI/c1-23-22(24-9-7-16-3-5-19-18(13-16)8-10-26-19)25(2)15-17-4-6-20-21(14-17)28-12-11-27-20;/h3-6,13-14H,7-12,15H2,1-2H3,(H,23,24);1H. The quantitative estimate of drug-likeness (QED) is 0.381. The van der Waals surface area contributed by atoms with Crippen LogP contribution in [0.25, 0.3) is 0 Å². The second-order valence-corrected chi connectivity index (χ2v) is 7.10. The molecule has 7 heteroatoms. The number of nitrogens with one attached hydrogen (secondary N) is 1. The largest absolute Gasteiger partial charge is 0.493 e. The normalized spacial score (nSPS) is 14.5. The van der Waals surface area contributed by atoms with Crippen molar-refractivity contribution in [1.29, 1.82) is 0 Å². The number of rotatable bonds is 5. The molecule has 0 atom stereocenters. The van der Waals surface area contributed by atoms with Crippen molar-refractivity contribution >= 4 is 29.9 Å². The molecule has 29 heavy (non-hydrogen) atoms. The van der Waals surface area contributed by atoms with Crippen LogP contribution in [0.4, 0.5) is 0 Å². The third kappa shape index (κ3) is 5.26. The first-order chi connectivity index (χ1) is 13.7. The van der Waals surface area contributed by atoms with E-state index in [-0.39, 0.29) is 24.0 Å². The predicted octanol–water partition coefficient (Wildman–Crippen LogP) is 3.26. The molecule has 0 amide bonds. The van der Waals surface area contributed by atoms with Gasteiger partial charge in [-0.1, -0.05) is 18.2 Å². The van der Waals surface area contributed by atoms with Crippen molar-refractivity contribution in [1.82, 2.24) is 10.2 Å². The van der Waals surface area contributed by atoms with Crippen molar-refractivity contribution in [2.45, 2.75) is 19.4 Å². The Morgan fingerprint density at radius 3 is 2.52 bits per heavy atom. The number of nitrogens with zero attached hydrogens (tertiary/aromatic N) is 2. The molecular formula is C22H28IN3O3. The van der Waals surface area contributed by atoms with E-state index in [4.69, 9.17) is 14.2 Å². The maximum Gasteiger partial charge on any atom is 0.193 e. The van der Waals surface area contributed by atoms with E-state index in [1.54, 1.807) is 0 Å². The van der Waals surface area contributed by atoms with Crippen LogP contribution < -0.4 is 19.5 Å². The summed E-state index contributed by atoms with van der Waals surface area (Å²) in [5.74, 6) is 3.55. The average Bonchev–Trinajstić information content (AvgIpc) is 3.19. The Hall–Kier alpha value is -2.16. The van der Waals surface area contributed by atoms with Crippen LogP contribution in [0.5, 0.6) is 17.2 Å². The maximum absolute atomic E-state index is 5.68. The Morgan fingerprint density at radius 2 is 1.69 bits per heavy atom. The van der Waals surface area contributed by atoms with Gasteiger partial charge in [-0.25, -0.2) is 0 Å². The number of aliphatic imine (C=N–C) groups is 1. The maximum atomic E-state index is 5.68. The van der Waals surface area contributed by atoms with Gasteiger partial charge in [0.15, 0.2) is 17.5 Å². The van der Waals surface area contributed by atoms with Crippen LogP contribution in [0.3, 0.4) is 0 Å². The third-order valence-corrected chi connectivity index (χ3v) is 5.05. The summed E-state index contributed by atoms with van der Waals surface area (Å²) < 4.78 is 16.9. The van der Waals surface area contributed by atoms with Gasteiger partial charge in [-0.15, -0.1) is 24.0 Å². The van der Waals surface area contributed by atoms with E-state index in [0.717, 1.165) is 61.3 Å². The van der Waals surface area contributed by atoms with Gasteiger partial charge in [0.1, 0.15) is 19.0 Å². The van der Waals surface area contributed by atoms with Gasteiger partial charge < -0.3 is 24.4 Å². The lowest BCUT2D eigenvalue weighted by Gasteiger charge is -2.24. The first-order valence-corrected chi connectivity index (χ1v) is 9.78. The Labute approximate surface area is 189 Å². The molecule has 0 bridgehead atoms. The molecule has 2 aliphatic rings. The van der Waals surface area contributed by atoms with Crippen LogP contribution in [0.1, 0.15) is 16.7 Å². The molecule has 1 N–H and O–H groups in total. The van der Waals surface area contributed by atoms with Crippen LogP contribution in [-0.4, -0.2) is 51.3 Å². The zero-order valence-corrected chi connectivity index (χ0v) is 19.3. The Bertz CT molecular complexity index is 872. The Kier molecular flexibility index (Phi) is 7.46. The molecule has 2 heterocycles. The lowest BCUT2D eigenvalue weighted by molar-refractivity contribution is 0.171. The van der Waals surface area contributed by atoms with Crippen LogP contribution in [0.15, 0.2) is 41.4 Å². The summed E-state index contributed by atoms with van der Waals surface area (Å²) in [6, 6.07) is 12.6. The van der Waals surface area contributed by atoms with Gasteiger partial charge in [-0.05, 0) is 41.3 Å². The molecular weight excluding hydrogens is 481 g/mol. The van der Waals surface area contributed by atoms with E-state index < -0.39 is 0 Å². The highest BCUT2D eigenvalue weighted by atomic mass is 127. The fourth-order valence-electron chi connectivity index (χ4n) is 3.63. The molecule has 2 aromatic rings. The van der Waals surface area contributed by atoms with Gasteiger partial charge in [-0.3, -0.25) is 4.99 Å². The van der Waals surface area contributed by atoms with Crippen LogP contribution >= 0.6 is 24.0 Å². The average molecular weight is 509 g/mol. The second kappa shape index (κ2) is 10.0. The summed E-state index contributed by atoms with van der Waals surface area (Å²) in [7, 11) is 3.86. The number of guanidine groups is 1. The fourth-order valence-corrected chi connectivity index (χ4v) is 3.63. The lowest BCUT2D eigenvalue weighted by atomic mass is 10.1. The monoisotopic (exact) mass is 509 g/mol. The molecule has 6 nitrogen and oxygen atoms in total. The van der Waals surface area contributed by atoms with E-state index in [1.165, 1.54) is 11.1 Å². The smallest absolute Gasteiger partial charge is 0.193 e. The molecule has 0 radical (unpaired) electrons. The van der Waals surface area contributed by atoms with Gasteiger partial charge in [-0.2, -0.15) is 0 Å². The number of ether oxygens (including phenoxy) is 3. The molecule has 0 spiro atoms. The predicted molar refractivity (Wildman–Crippen MR) is 125 cm³/mol. The Balaban J connectivity index is 0.00000240. The number of benzene rings is 2. The molecule has 4 rings (SSSR count). The summed E-state index contributed by atoms with van der Waals surface area (Å²) in [5.41, 5.74) is 3.80. The second-order valence-electron chi connectivity index (χ2n) is 7.10. The number of halogens is 1. The minimum Gasteiger partial charge on any atom is -0.493 e. The topological polar surface area (TPSA) is 55.3 Å². The van der Waals surface area contributed by atoms with Gasteiger partial charge in [0, 0.05) is 33.6 Å². The molecule has 0 aromatic heterocycles. The van der Waals surface area contributed by atoms with Gasteiger partial charge in [0.25, 0.3) is 0 Å². The molecule has 2 aromatic carbocycles. The van der Waals surface area contributed by atoms with Crippen LogP contribution in [0, 0.1) is 0 Å². The van der Waals surface area contributed by atoms with Crippen molar-refractivity contribution in [3.05, 3.63) is 53.1 Å². The summed E-state index contributed by atoms with van der Waals surface area (Å²) in [6.07, 6.45) is 1.96. The van der Waals surface area contributed by atoms with Crippen molar-refractivity contribution in [3.8, 4) is 17.2 Å². The fraction of sp³-hybridized carbons (Fsp3) is 0.409. The summed E-state index contributed by atoms with van der Waals surface area (Å²) in [5, 5.41) is 3.46. The highest BCUT2D eigenvalue weighted by molar-refractivity contribution is 14.0. The summed E-state index contributed by atoms with van der Waals surface area (Å²) in [6.45, 7) is 3.59. The molecule has 0 fully saturated rings. The molecule has 0 saturated heterocycles. The first-order valence-electron chi connectivity index (χ1n) is 9.78. The molecule has 2 aliphatic heterocycles. The molecule has 0 aliphatic carbocycles. The molecule has 0 saturated carbocycles. The van der Waals surface area contributed by atoms with Crippen molar-refractivity contribution in [2.75, 3.05) is 40.5 Å². The third-order valence-electron chi connectivity index (χ3n) is 5.05. The zero-order chi connectivity index (χ0) is 19.3. The van der Waals surface area contributed by atoms with E-state index >= 15 is 0 Å². The van der Waals surface area contributed by atoms with E-state index in [1.807, 2.05) is 26.2 Å². The van der Waals surface area contributed by atoms with Crippen molar-refractivity contribution in [2.24, 2.45) is 4.99 Å². The molecule has 156 valence electrons. The highest BCUT2D eigenvalue weighted by Gasteiger charge is 2.14. The van der Waals surface area contributed by atoms with Crippen LogP contribution in [0.2, 0.25) is 0 Å². The number of hydrogen-bond acceptors (Lipinski definition) is 4. The minimum atomic E-state index is 0. The van der Waals surface area contributed by atoms with E-state index in [9.17, 15) is 0 Å². The van der Waals surface area contributed by atoms with Gasteiger partial charge in [0.05, 0.1) is 6.61 Å². The van der Waals surface area contributed by atoms with Gasteiger partial charge in [0.2, 0.25) is 0 Å². The minimum absolute atomic E-state index is 0. The van der Waals surface area contributed by atoms with E-state index in [0.29, 0.717) is 13.2 Å². The van der Waals surface area contributed by atoms with Crippen molar-refractivity contribution < 1.29 is 14.2 Å². The SMILES string of the molecule is CN=C(NCCc1ccc2c(c1)CCO2)N(C)Cc1ccc2c(c1)OCCO2.I. The van der Waals surface area contributed by atoms with Crippen LogP contribution in [-0.2, 0) is 19.4 Å². The number of hydrogen-bond donors (Lipinski definition) is 1. The number of fused-ring (bicyclic) bond motifs is 2. The first kappa shape index (κ1) is 21.5. The lowest BCUT2D eigenvalue weighted by Crippen LogP contribution is -2.39. The molecule has 0 unspecified atom stereocenters. The van der Waals surface area contributed by atoms with Gasteiger partial charge >= 0.3 is 0 Å². The summed E-state index contributed by atoms with van der Waals surface area (Å²) >= 11 is 0. The summed E-state index contributed by atoms with van der Waals surface area (Å²) in [4.78, 5) is 6.53. The van der Waals surface area contributed by atoms with E-state index in [2.05, 4.69) is 39.5 Å². The highest BCUT2D eigenvalue weighted by Crippen LogP contribution is 2.31. The van der Waals surface area contributed by atoms with Crippen molar-refractivity contribution in [3.63, 3.8) is 0 Å². The zero-order valence-electron chi connectivity index (χ0n) is 16.9. The Morgan fingerprint density at radius 1 is 0.966 bits per heavy atom.